The molecule has 1 aromatic rings. The Kier molecular flexibility index (Phi) is 6.49. The van der Waals surface area contributed by atoms with Crippen molar-refractivity contribution in [1.29, 1.82) is 0 Å². The van der Waals surface area contributed by atoms with Crippen LogP contribution in [0.2, 0.25) is 0 Å². The van der Waals surface area contributed by atoms with Crippen molar-refractivity contribution in [2.75, 3.05) is 12.4 Å². The highest BCUT2D eigenvalue weighted by Gasteiger charge is 2.11. The summed E-state index contributed by atoms with van der Waals surface area (Å²) in [4.78, 5) is 23.7. The lowest BCUT2D eigenvalue weighted by atomic mass is 10.2. The van der Waals surface area contributed by atoms with E-state index in [-0.39, 0.29) is 11.6 Å². The highest BCUT2D eigenvalue weighted by atomic mass is 79.9. The fourth-order valence-electron chi connectivity index (χ4n) is 1.69. The van der Waals surface area contributed by atoms with Gasteiger partial charge in [-0.15, -0.1) is 0 Å². The number of non-ortho nitro benzene ring substituents is 1. The summed E-state index contributed by atoms with van der Waals surface area (Å²) in [6.07, 6.45) is 2.33. The Labute approximate surface area is 120 Å². The zero-order valence-corrected chi connectivity index (χ0v) is 12.4. The van der Waals surface area contributed by atoms with Gasteiger partial charge in [-0.1, -0.05) is 28.1 Å². The normalized spacial score (nSPS) is 10.2. The van der Waals surface area contributed by atoms with E-state index < -0.39 is 4.92 Å². The molecule has 0 saturated carbocycles. The lowest BCUT2D eigenvalue weighted by Gasteiger charge is -2.17. The van der Waals surface area contributed by atoms with Gasteiger partial charge in [-0.2, -0.15) is 0 Å². The van der Waals surface area contributed by atoms with Crippen molar-refractivity contribution in [3.8, 4) is 0 Å². The third kappa shape index (κ3) is 5.38. The van der Waals surface area contributed by atoms with Crippen LogP contribution in [0, 0.1) is 10.1 Å². The molecule has 19 heavy (non-hydrogen) atoms. The molecule has 1 aromatic carbocycles. The van der Waals surface area contributed by atoms with Gasteiger partial charge in [0, 0.05) is 37.5 Å². The van der Waals surface area contributed by atoms with Crippen LogP contribution >= 0.6 is 15.9 Å². The lowest BCUT2D eigenvalue weighted by Crippen LogP contribution is -2.25. The van der Waals surface area contributed by atoms with Gasteiger partial charge in [-0.05, 0) is 18.4 Å². The molecule has 0 heterocycles. The van der Waals surface area contributed by atoms with Crippen LogP contribution in [0.4, 0.5) is 5.69 Å². The first-order chi connectivity index (χ1) is 9.04. The number of hydrogen-bond acceptors (Lipinski definition) is 3. The number of amides is 1. The molecule has 0 saturated heterocycles. The number of alkyl halides is 1. The van der Waals surface area contributed by atoms with Crippen molar-refractivity contribution in [3.05, 3.63) is 39.9 Å². The smallest absolute Gasteiger partial charge is 0.269 e. The second kappa shape index (κ2) is 7.89. The summed E-state index contributed by atoms with van der Waals surface area (Å²) < 4.78 is 0. The molecule has 0 bridgehead atoms. The fourth-order valence-corrected chi connectivity index (χ4v) is 2.09. The van der Waals surface area contributed by atoms with Gasteiger partial charge in [0.25, 0.3) is 5.69 Å². The van der Waals surface area contributed by atoms with Crippen molar-refractivity contribution < 1.29 is 9.72 Å². The van der Waals surface area contributed by atoms with E-state index in [2.05, 4.69) is 15.9 Å². The van der Waals surface area contributed by atoms with Gasteiger partial charge < -0.3 is 4.90 Å². The van der Waals surface area contributed by atoms with E-state index in [4.69, 9.17) is 0 Å². The van der Waals surface area contributed by atoms with Crippen LogP contribution in [0.15, 0.2) is 24.3 Å². The molecule has 1 amide bonds. The van der Waals surface area contributed by atoms with Gasteiger partial charge in [-0.25, -0.2) is 0 Å². The van der Waals surface area contributed by atoms with Crippen LogP contribution in [0.5, 0.6) is 0 Å². The number of rotatable bonds is 7. The number of nitro groups is 1. The topological polar surface area (TPSA) is 63.4 Å². The Bertz CT molecular complexity index is 451. The summed E-state index contributed by atoms with van der Waals surface area (Å²) in [5.41, 5.74) is 0.822. The van der Waals surface area contributed by atoms with E-state index in [1.165, 1.54) is 12.1 Å². The molecule has 1 rings (SSSR count). The van der Waals surface area contributed by atoms with Crippen molar-refractivity contribution in [2.24, 2.45) is 0 Å². The molecule has 104 valence electrons. The molecule has 0 atom stereocenters. The van der Waals surface area contributed by atoms with Gasteiger partial charge in [0.1, 0.15) is 0 Å². The van der Waals surface area contributed by atoms with Crippen LogP contribution in [-0.2, 0) is 11.3 Å². The first-order valence-electron chi connectivity index (χ1n) is 6.08. The molecule has 0 spiro atoms. The minimum absolute atomic E-state index is 0.0534. The lowest BCUT2D eigenvalue weighted by molar-refractivity contribution is -0.384. The van der Waals surface area contributed by atoms with Crippen LogP contribution in [0.3, 0.4) is 0 Å². The Morgan fingerprint density at radius 2 is 2.16 bits per heavy atom. The van der Waals surface area contributed by atoms with Crippen molar-refractivity contribution >= 4 is 27.5 Å². The first-order valence-corrected chi connectivity index (χ1v) is 7.20. The molecule has 0 N–H and O–H groups in total. The molecule has 0 aliphatic carbocycles. The Morgan fingerprint density at radius 1 is 1.42 bits per heavy atom. The Hall–Kier alpha value is -1.43. The Morgan fingerprint density at radius 3 is 2.79 bits per heavy atom. The van der Waals surface area contributed by atoms with Crippen LogP contribution in [-0.4, -0.2) is 28.1 Å². The standard InChI is InChI=1S/C13H17BrN2O3/c1-15(13(17)7-2-3-8-14)10-11-5-4-6-12(9-11)16(18)19/h4-6,9H,2-3,7-8,10H2,1H3. The third-order valence-electron chi connectivity index (χ3n) is 2.74. The molecular weight excluding hydrogens is 312 g/mol. The molecule has 0 aromatic heterocycles. The number of carbonyl (C=O) groups excluding carboxylic acids is 1. The highest BCUT2D eigenvalue weighted by molar-refractivity contribution is 9.09. The van der Waals surface area contributed by atoms with E-state index in [0.29, 0.717) is 13.0 Å². The van der Waals surface area contributed by atoms with Crippen molar-refractivity contribution in [3.63, 3.8) is 0 Å². The van der Waals surface area contributed by atoms with E-state index in [1.54, 1.807) is 24.1 Å². The number of benzene rings is 1. The van der Waals surface area contributed by atoms with Crippen molar-refractivity contribution in [2.45, 2.75) is 25.8 Å². The van der Waals surface area contributed by atoms with E-state index in [9.17, 15) is 14.9 Å². The SMILES string of the molecule is CN(Cc1cccc([N+](=O)[O-])c1)C(=O)CCCCBr. The van der Waals surface area contributed by atoms with Crippen LogP contribution in [0.1, 0.15) is 24.8 Å². The zero-order valence-electron chi connectivity index (χ0n) is 10.8. The zero-order chi connectivity index (χ0) is 14.3. The maximum Gasteiger partial charge on any atom is 0.269 e. The quantitative estimate of drug-likeness (QED) is 0.334. The minimum Gasteiger partial charge on any atom is -0.341 e. The molecule has 6 heteroatoms. The number of carbonyl (C=O) groups is 1. The summed E-state index contributed by atoms with van der Waals surface area (Å²) in [5, 5.41) is 11.6. The maximum absolute atomic E-state index is 11.8. The van der Waals surface area contributed by atoms with Gasteiger partial charge >= 0.3 is 0 Å². The summed E-state index contributed by atoms with van der Waals surface area (Å²) in [6.45, 7) is 0.398. The summed E-state index contributed by atoms with van der Waals surface area (Å²) >= 11 is 3.32. The van der Waals surface area contributed by atoms with Crippen LogP contribution < -0.4 is 0 Å². The fraction of sp³-hybridized carbons (Fsp3) is 0.462. The molecule has 0 aliphatic rings. The number of halogens is 1. The highest BCUT2D eigenvalue weighted by Crippen LogP contribution is 2.15. The molecule has 0 aliphatic heterocycles. The first kappa shape index (κ1) is 15.6. The van der Waals surface area contributed by atoms with Gasteiger partial charge in [-0.3, -0.25) is 14.9 Å². The second-order valence-corrected chi connectivity index (χ2v) is 5.12. The summed E-state index contributed by atoms with van der Waals surface area (Å²) in [5.74, 6) is 0.0625. The average molecular weight is 329 g/mol. The summed E-state index contributed by atoms with van der Waals surface area (Å²) in [7, 11) is 1.72. The van der Waals surface area contributed by atoms with Crippen molar-refractivity contribution in [1.82, 2.24) is 4.90 Å². The number of nitrogens with zero attached hydrogens (tertiary/aromatic N) is 2. The average Bonchev–Trinajstić information content (AvgIpc) is 2.39. The van der Waals surface area contributed by atoms with Crippen LogP contribution in [0.25, 0.3) is 0 Å². The van der Waals surface area contributed by atoms with Gasteiger partial charge in [0.05, 0.1) is 4.92 Å². The predicted molar refractivity (Wildman–Crippen MR) is 77.2 cm³/mol. The van der Waals surface area contributed by atoms with Gasteiger partial charge in [0.2, 0.25) is 5.91 Å². The Balaban J connectivity index is 2.56. The molecular formula is C13H17BrN2O3. The largest absolute Gasteiger partial charge is 0.341 e. The molecule has 0 unspecified atom stereocenters. The van der Waals surface area contributed by atoms with E-state index in [0.717, 1.165) is 23.7 Å². The van der Waals surface area contributed by atoms with E-state index >= 15 is 0 Å². The van der Waals surface area contributed by atoms with Gasteiger partial charge in [0.15, 0.2) is 0 Å². The summed E-state index contributed by atoms with van der Waals surface area (Å²) in [6, 6.07) is 6.37. The number of unbranched alkanes of at least 4 members (excludes halogenated alkanes) is 1. The number of nitro benzene ring substituents is 1. The van der Waals surface area contributed by atoms with E-state index in [1.807, 2.05) is 0 Å². The maximum atomic E-state index is 11.8. The third-order valence-corrected chi connectivity index (χ3v) is 3.30. The number of hydrogen-bond donors (Lipinski definition) is 0. The second-order valence-electron chi connectivity index (χ2n) is 4.32. The minimum atomic E-state index is -0.429. The molecule has 0 fully saturated rings. The monoisotopic (exact) mass is 328 g/mol. The predicted octanol–water partition coefficient (Wildman–Crippen LogP) is 3.12. The molecule has 0 radical (unpaired) electrons. The molecule has 5 nitrogen and oxygen atoms in total.